The van der Waals surface area contributed by atoms with Crippen molar-refractivity contribution in [2.45, 2.75) is 19.8 Å². The van der Waals surface area contributed by atoms with E-state index >= 15 is 0 Å². The topological polar surface area (TPSA) is 0 Å². The van der Waals surface area contributed by atoms with E-state index in [4.69, 9.17) is 7.85 Å². The molecular formula is C11H13B. The molecule has 60 valence electrons. The van der Waals surface area contributed by atoms with Crippen molar-refractivity contribution < 1.29 is 0 Å². The lowest BCUT2D eigenvalue weighted by molar-refractivity contribution is 0.992. The third-order valence-electron chi connectivity index (χ3n) is 2.11. The summed E-state index contributed by atoms with van der Waals surface area (Å²) in [5, 5.41) is 0. The number of hydrogen-bond acceptors (Lipinski definition) is 0. The maximum atomic E-state index is 5.77. The SMILES string of the molecule is [B]c1cccc(CCC=C)c1C. The lowest BCUT2D eigenvalue weighted by Gasteiger charge is -2.06. The maximum Gasteiger partial charge on any atom is 0.114 e. The van der Waals surface area contributed by atoms with Gasteiger partial charge in [0, 0.05) is 0 Å². The Morgan fingerprint density at radius 1 is 1.50 bits per heavy atom. The largest absolute Gasteiger partial charge is 0.114 e. The summed E-state index contributed by atoms with van der Waals surface area (Å²) in [6.45, 7) is 5.76. The molecule has 2 radical (unpaired) electrons. The van der Waals surface area contributed by atoms with E-state index in [0.29, 0.717) is 0 Å². The minimum Gasteiger partial charge on any atom is -0.103 e. The summed E-state index contributed by atoms with van der Waals surface area (Å²) in [7, 11) is 5.77. The highest BCUT2D eigenvalue weighted by atomic mass is 14.0. The zero-order valence-corrected chi connectivity index (χ0v) is 7.51. The van der Waals surface area contributed by atoms with Crippen LogP contribution in [0.15, 0.2) is 30.9 Å². The number of hydrogen-bond donors (Lipinski definition) is 0. The van der Waals surface area contributed by atoms with Gasteiger partial charge in [0.1, 0.15) is 7.85 Å². The molecule has 1 heteroatoms. The van der Waals surface area contributed by atoms with E-state index in [0.717, 1.165) is 18.3 Å². The summed E-state index contributed by atoms with van der Waals surface area (Å²) in [6, 6.07) is 6.06. The predicted molar refractivity (Wildman–Crippen MR) is 55.1 cm³/mol. The second-order valence-corrected chi connectivity index (χ2v) is 2.96. The Bertz CT molecular complexity index is 276. The van der Waals surface area contributed by atoms with E-state index in [1.807, 2.05) is 18.2 Å². The number of rotatable bonds is 3. The molecule has 0 aliphatic heterocycles. The average molecular weight is 156 g/mol. The fourth-order valence-corrected chi connectivity index (χ4v) is 1.23. The molecule has 0 saturated carbocycles. The molecule has 1 aromatic rings. The van der Waals surface area contributed by atoms with Gasteiger partial charge in [-0.05, 0) is 25.3 Å². The first-order valence-electron chi connectivity index (χ1n) is 4.20. The Morgan fingerprint density at radius 2 is 2.25 bits per heavy atom. The summed E-state index contributed by atoms with van der Waals surface area (Å²) in [6.07, 6.45) is 3.99. The molecule has 1 aromatic carbocycles. The van der Waals surface area contributed by atoms with Crippen LogP contribution in [0, 0.1) is 6.92 Å². The summed E-state index contributed by atoms with van der Waals surface area (Å²) >= 11 is 0. The van der Waals surface area contributed by atoms with Crippen molar-refractivity contribution in [2.75, 3.05) is 0 Å². The Morgan fingerprint density at radius 3 is 2.92 bits per heavy atom. The first kappa shape index (κ1) is 9.12. The molecule has 0 saturated heterocycles. The molecule has 0 atom stereocenters. The molecule has 0 bridgehead atoms. The highest BCUT2D eigenvalue weighted by molar-refractivity contribution is 6.33. The van der Waals surface area contributed by atoms with Crippen molar-refractivity contribution in [1.29, 1.82) is 0 Å². The van der Waals surface area contributed by atoms with E-state index in [9.17, 15) is 0 Å². The Labute approximate surface area is 75.7 Å². The third-order valence-corrected chi connectivity index (χ3v) is 2.11. The average Bonchev–Trinajstić information content (AvgIpc) is 2.08. The van der Waals surface area contributed by atoms with Gasteiger partial charge in [0.05, 0.1) is 0 Å². The van der Waals surface area contributed by atoms with Crippen LogP contribution in [0.2, 0.25) is 0 Å². The fourth-order valence-electron chi connectivity index (χ4n) is 1.23. The van der Waals surface area contributed by atoms with Gasteiger partial charge in [-0.1, -0.05) is 35.3 Å². The van der Waals surface area contributed by atoms with Crippen LogP contribution < -0.4 is 5.46 Å². The van der Waals surface area contributed by atoms with E-state index in [1.54, 1.807) is 0 Å². The van der Waals surface area contributed by atoms with E-state index in [-0.39, 0.29) is 0 Å². The van der Waals surface area contributed by atoms with Gasteiger partial charge in [0.25, 0.3) is 0 Å². The van der Waals surface area contributed by atoms with Crippen LogP contribution in [0.4, 0.5) is 0 Å². The number of aryl methyl sites for hydroxylation is 1. The normalized spacial score (nSPS) is 9.75. The van der Waals surface area contributed by atoms with Crippen LogP contribution in [0.1, 0.15) is 17.5 Å². The van der Waals surface area contributed by atoms with Gasteiger partial charge >= 0.3 is 0 Å². The molecule has 0 heterocycles. The smallest absolute Gasteiger partial charge is 0.103 e. The first-order chi connectivity index (χ1) is 5.75. The molecular weight excluding hydrogens is 143 g/mol. The van der Waals surface area contributed by atoms with Gasteiger partial charge in [-0.2, -0.15) is 0 Å². The third kappa shape index (κ3) is 2.01. The minimum absolute atomic E-state index is 0.886. The molecule has 0 spiro atoms. The fraction of sp³-hybridized carbons (Fsp3) is 0.273. The molecule has 0 fully saturated rings. The first-order valence-corrected chi connectivity index (χ1v) is 4.20. The number of allylic oxidation sites excluding steroid dienone is 1. The minimum atomic E-state index is 0.886. The maximum absolute atomic E-state index is 5.77. The Kier molecular flexibility index (Phi) is 3.15. The molecule has 0 aromatic heterocycles. The Balaban J connectivity index is 2.84. The van der Waals surface area contributed by atoms with Crippen LogP contribution >= 0.6 is 0 Å². The van der Waals surface area contributed by atoms with Gasteiger partial charge in [0.2, 0.25) is 0 Å². The van der Waals surface area contributed by atoms with Gasteiger partial charge in [-0.15, -0.1) is 6.58 Å². The van der Waals surface area contributed by atoms with Crippen molar-refractivity contribution >= 4 is 13.3 Å². The van der Waals surface area contributed by atoms with Crippen LogP contribution in [0.3, 0.4) is 0 Å². The second-order valence-electron chi connectivity index (χ2n) is 2.96. The molecule has 0 nitrogen and oxygen atoms in total. The van der Waals surface area contributed by atoms with Crippen molar-refractivity contribution in [1.82, 2.24) is 0 Å². The van der Waals surface area contributed by atoms with E-state index < -0.39 is 0 Å². The summed E-state index contributed by atoms with van der Waals surface area (Å²) in [5.41, 5.74) is 3.42. The molecule has 0 N–H and O–H groups in total. The van der Waals surface area contributed by atoms with Crippen molar-refractivity contribution in [3.63, 3.8) is 0 Å². The molecule has 1 rings (SSSR count). The van der Waals surface area contributed by atoms with E-state index in [1.165, 1.54) is 11.1 Å². The molecule has 0 aliphatic carbocycles. The number of benzene rings is 1. The standard InChI is InChI=1S/C11H13B/c1-3-4-6-10-7-5-8-11(12)9(10)2/h3,5,7-8H,1,4,6H2,2H3. The summed E-state index contributed by atoms with van der Waals surface area (Å²) < 4.78 is 0. The van der Waals surface area contributed by atoms with Crippen molar-refractivity contribution in [3.05, 3.63) is 42.0 Å². The van der Waals surface area contributed by atoms with Gasteiger partial charge < -0.3 is 0 Å². The van der Waals surface area contributed by atoms with Gasteiger partial charge in [0.15, 0.2) is 0 Å². The molecule has 0 unspecified atom stereocenters. The highest BCUT2D eigenvalue weighted by Crippen LogP contribution is 2.07. The van der Waals surface area contributed by atoms with E-state index in [2.05, 4.69) is 19.6 Å². The molecule has 0 aliphatic rings. The molecule has 12 heavy (non-hydrogen) atoms. The summed E-state index contributed by atoms with van der Waals surface area (Å²) in [5.74, 6) is 0. The van der Waals surface area contributed by atoms with Crippen molar-refractivity contribution in [2.24, 2.45) is 0 Å². The lowest BCUT2D eigenvalue weighted by Crippen LogP contribution is -2.09. The van der Waals surface area contributed by atoms with Crippen LogP contribution in [-0.4, -0.2) is 7.85 Å². The van der Waals surface area contributed by atoms with Crippen LogP contribution in [0.5, 0.6) is 0 Å². The monoisotopic (exact) mass is 156 g/mol. The zero-order valence-electron chi connectivity index (χ0n) is 7.51. The van der Waals surface area contributed by atoms with Crippen LogP contribution in [0.25, 0.3) is 0 Å². The zero-order chi connectivity index (χ0) is 8.97. The Hall–Kier alpha value is -0.975. The van der Waals surface area contributed by atoms with Crippen LogP contribution in [-0.2, 0) is 6.42 Å². The quantitative estimate of drug-likeness (QED) is 0.463. The van der Waals surface area contributed by atoms with Gasteiger partial charge in [-0.25, -0.2) is 0 Å². The second kappa shape index (κ2) is 4.15. The summed E-state index contributed by atoms with van der Waals surface area (Å²) in [4.78, 5) is 0. The van der Waals surface area contributed by atoms with Crippen molar-refractivity contribution in [3.8, 4) is 0 Å². The molecule has 0 amide bonds. The predicted octanol–water partition coefficient (Wildman–Crippen LogP) is 1.91. The highest BCUT2D eigenvalue weighted by Gasteiger charge is 1.97. The lowest BCUT2D eigenvalue weighted by atomic mass is 9.87. The van der Waals surface area contributed by atoms with Gasteiger partial charge in [-0.3, -0.25) is 0 Å².